The van der Waals surface area contributed by atoms with Gasteiger partial charge in [0, 0.05) is 5.92 Å². The van der Waals surface area contributed by atoms with Crippen molar-refractivity contribution in [2.75, 3.05) is 6.61 Å². The molecule has 1 unspecified atom stereocenters. The van der Waals surface area contributed by atoms with E-state index in [1.54, 1.807) is 0 Å². The first-order valence-corrected chi connectivity index (χ1v) is 6.03. The van der Waals surface area contributed by atoms with Crippen LogP contribution in [0.1, 0.15) is 24.8 Å². The molecule has 4 N–H and O–H groups in total. The van der Waals surface area contributed by atoms with Crippen molar-refractivity contribution in [3.05, 3.63) is 35.9 Å². The Bertz CT molecular complexity index is 379. The number of rotatable bonds is 5. The third kappa shape index (κ3) is 3.27. The van der Waals surface area contributed by atoms with Gasteiger partial charge in [-0.2, -0.15) is 11.1 Å². The van der Waals surface area contributed by atoms with Crippen LogP contribution in [0.4, 0.5) is 0 Å². The molecule has 1 fully saturated rings. The second kappa shape index (κ2) is 6.46. The molecule has 2 rings (SSSR count). The minimum Gasteiger partial charge on any atom is -0.466 e. The molecule has 0 spiro atoms. The van der Waals surface area contributed by atoms with Crippen LogP contribution in [0, 0.1) is 0 Å². The lowest BCUT2D eigenvalue weighted by Gasteiger charge is -2.22. The Kier molecular flexibility index (Phi) is 4.66. The molecule has 1 saturated heterocycles. The van der Waals surface area contributed by atoms with E-state index in [2.05, 4.69) is 21.9 Å². The summed E-state index contributed by atoms with van der Waals surface area (Å²) in [5.41, 5.74) is 12.7. The van der Waals surface area contributed by atoms with Crippen LogP contribution in [0.3, 0.4) is 0 Å². The Hall–Kier alpha value is -1.47. The summed E-state index contributed by atoms with van der Waals surface area (Å²) in [7, 11) is 0. The van der Waals surface area contributed by atoms with Crippen LogP contribution >= 0.6 is 0 Å². The average molecular weight is 250 g/mol. The first kappa shape index (κ1) is 13.0. The molecule has 0 bridgehead atoms. The van der Waals surface area contributed by atoms with E-state index >= 15 is 0 Å². The van der Waals surface area contributed by atoms with Gasteiger partial charge in [-0.3, -0.25) is 4.79 Å². The molecule has 0 radical (unpaired) electrons. The SMILES string of the molecule is CCOC(=O)CC(c1ccccc1)C1NNNN1. The topological polar surface area (TPSA) is 74.4 Å². The molecular formula is C12H18N4O2. The summed E-state index contributed by atoms with van der Waals surface area (Å²) in [6.45, 7) is 2.22. The summed E-state index contributed by atoms with van der Waals surface area (Å²) in [4.78, 5) is 11.7. The highest BCUT2D eigenvalue weighted by Crippen LogP contribution is 2.23. The molecular weight excluding hydrogens is 232 g/mol. The third-order valence-corrected chi connectivity index (χ3v) is 2.84. The molecule has 0 aromatic heterocycles. The molecule has 6 nitrogen and oxygen atoms in total. The van der Waals surface area contributed by atoms with E-state index in [4.69, 9.17) is 4.74 Å². The molecule has 98 valence electrons. The monoisotopic (exact) mass is 250 g/mol. The van der Waals surface area contributed by atoms with Crippen molar-refractivity contribution < 1.29 is 9.53 Å². The van der Waals surface area contributed by atoms with Gasteiger partial charge in [-0.25, -0.2) is 10.9 Å². The van der Waals surface area contributed by atoms with Gasteiger partial charge in [0.1, 0.15) is 0 Å². The maximum absolute atomic E-state index is 11.7. The molecule has 1 aliphatic rings. The van der Waals surface area contributed by atoms with Crippen LogP contribution in [0.2, 0.25) is 0 Å². The summed E-state index contributed by atoms with van der Waals surface area (Å²) in [5, 5.41) is 0. The predicted octanol–water partition coefficient (Wildman–Crippen LogP) is 0.167. The second-order valence-electron chi connectivity index (χ2n) is 4.04. The second-order valence-corrected chi connectivity index (χ2v) is 4.04. The first-order valence-electron chi connectivity index (χ1n) is 6.03. The van der Waals surface area contributed by atoms with Crippen molar-refractivity contribution in [3.8, 4) is 0 Å². The Balaban J connectivity index is 2.10. The van der Waals surface area contributed by atoms with Crippen LogP contribution < -0.4 is 21.9 Å². The molecule has 1 heterocycles. The smallest absolute Gasteiger partial charge is 0.306 e. The Morgan fingerprint density at radius 1 is 1.28 bits per heavy atom. The third-order valence-electron chi connectivity index (χ3n) is 2.84. The maximum atomic E-state index is 11.7. The number of hydrogen-bond acceptors (Lipinski definition) is 6. The fraction of sp³-hybridized carbons (Fsp3) is 0.417. The predicted molar refractivity (Wildman–Crippen MR) is 66.8 cm³/mol. The molecule has 18 heavy (non-hydrogen) atoms. The Morgan fingerprint density at radius 3 is 2.56 bits per heavy atom. The van der Waals surface area contributed by atoms with E-state index in [1.165, 1.54) is 0 Å². The van der Waals surface area contributed by atoms with Crippen LogP contribution in [0.15, 0.2) is 30.3 Å². The number of nitrogens with one attached hydrogen (secondary N) is 4. The minimum absolute atomic E-state index is 0.00671. The lowest BCUT2D eigenvalue weighted by atomic mass is 9.93. The zero-order valence-electron chi connectivity index (χ0n) is 10.3. The van der Waals surface area contributed by atoms with Crippen LogP contribution in [-0.2, 0) is 9.53 Å². The van der Waals surface area contributed by atoms with E-state index in [0.29, 0.717) is 13.0 Å². The van der Waals surface area contributed by atoms with E-state index in [-0.39, 0.29) is 18.1 Å². The molecule has 1 aliphatic heterocycles. The van der Waals surface area contributed by atoms with Crippen molar-refractivity contribution in [1.82, 2.24) is 21.9 Å². The van der Waals surface area contributed by atoms with Gasteiger partial charge in [-0.05, 0) is 12.5 Å². The number of hydrazine groups is 3. The van der Waals surface area contributed by atoms with Crippen molar-refractivity contribution in [2.24, 2.45) is 0 Å². The lowest BCUT2D eigenvalue weighted by molar-refractivity contribution is -0.143. The molecule has 0 aliphatic carbocycles. The highest BCUT2D eigenvalue weighted by molar-refractivity contribution is 5.70. The number of hydrogen-bond donors (Lipinski definition) is 4. The van der Waals surface area contributed by atoms with Crippen molar-refractivity contribution in [2.45, 2.75) is 25.4 Å². The summed E-state index contributed by atoms with van der Waals surface area (Å²) >= 11 is 0. The quantitative estimate of drug-likeness (QED) is 0.558. The molecule has 1 aromatic rings. The van der Waals surface area contributed by atoms with Crippen molar-refractivity contribution in [1.29, 1.82) is 0 Å². The molecule has 1 aromatic carbocycles. The fourth-order valence-corrected chi connectivity index (χ4v) is 1.99. The van der Waals surface area contributed by atoms with Gasteiger partial charge in [-0.1, -0.05) is 30.3 Å². The van der Waals surface area contributed by atoms with Gasteiger partial charge in [0.25, 0.3) is 0 Å². The highest BCUT2D eigenvalue weighted by atomic mass is 16.5. The summed E-state index contributed by atoms with van der Waals surface area (Å²) in [6.07, 6.45) is 0.253. The van der Waals surface area contributed by atoms with E-state index < -0.39 is 0 Å². The van der Waals surface area contributed by atoms with Crippen LogP contribution in [0.25, 0.3) is 0 Å². The van der Waals surface area contributed by atoms with Crippen LogP contribution in [0.5, 0.6) is 0 Å². The lowest BCUT2D eigenvalue weighted by Crippen LogP contribution is -2.40. The molecule has 0 amide bonds. The number of benzene rings is 1. The Morgan fingerprint density at radius 2 is 1.94 bits per heavy atom. The fourth-order valence-electron chi connectivity index (χ4n) is 1.99. The highest BCUT2D eigenvalue weighted by Gasteiger charge is 2.28. The van der Waals surface area contributed by atoms with Gasteiger partial charge >= 0.3 is 5.97 Å². The van der Waals surface area contributed by atoms with Gasteiger partial charge in [0.15, 0.2) is 0 Å². The van der Waals surface area contributed by atoms with Crippen LogP contribution in [-0.4, -0.2) is 18.7 Å². The molecule has 6 heteroatoms. The van der Waals surface area contributed by atoms with E-state index in [0.717, 1.165) is 5.56 Å². The molecule has 1 atom stereocenters. The van der Waals surface area contributed by atoms with Crippen molar-refractivity contribution in [3.63, 3.8) is 0 Å². The summed E-state index contributed by atoms with van der Waals surface area (Å²) in [6, 6.07) is 9.89. The zero-order valence-corrected chi connectivity index (χ0v) is 10.3. The largest absolute Gasteiger partial charge is 0.466 e. The minimum atomic E-state index is -0.193. The maximum Gasteiger partial charge on any atom is 0.306 e. The summed E-state index contributed by atoms with van der Waals surface area (Å²) in [5.74, 6) is -0.199. The number of esters is 1. The first-order chi connectivity index (χ1) is 8.81. The standard InChI is InChI=1S/C12H18N4O2/c1-2-18-11(17)8-10(12-13-15-16-14-12)9-6-4-3-5-7-9/h3-7,10,12-16H,2,8H2,1H3. The summed E-state index contributed by atoms with van der Waals surface area (Å²) < 4.78 is 5.02. The zero-order chi connectivity index (χ0) is 12.8. The number of carbonyl (C=O) groups excluding carboxylic acids is 1. The van der Waals surface area contributed by atoms with Gasteiger partial charge < -0.3 is 4.74 Å². The van der Waals surface area contributed by atoms with E-state index in [1.807, 2.05) is 37.3 Å². The normalized spacial score (nSPS) is 17.6. The van der Waals surface area contributed by atoms with Crippen molar-refractivity contribution >= 4 is 5.97 Å². The number of carbonyl (C=O) groups is 1. The van der Waals surface area contributed by atoms with Gasteiger partial charge in [0.05, 0.1) is 19.2 Å². The Labute approximate surface area is 106 Å². The number of ether oxygens (including phenoxy) is 1. The molecule has 0 saturated carbocycles. The van der Waals surface area contributed by atoms with E-state index in [9.17, 15) is 4.79 Å². The average Bonchev–Trinajstić information content (AvgIpc) is 2.91. The van der Waals surface area contributed by atoms with Gasteiger partial charge in [0.2, 0.25) is 0 Å². The van der Waals surface area contributed by atoms with Gasteiger partial charge in [-0.15, -0.1) is 0 Å².